The number of carbonyl (C=O) groups is 2. The molecule has 0 aliphatic carbocycles. The average Bonchev–Trinajstić information content (AvgIpc) is 2.78. The molecule has 1 heterocycles. The van der Waals surface area contributed by atoms with E-state index in [1.807, 2.05) is 62.5 Å². The van der Waals surface area contributed by atoms with Gasteiger partial charge in [0, 0.05) is 38.2 Å². The van der Waals surface area contributed by atoms with Crippen LogP contribution < -0.4 is 0 Å². The van der Waals surface area contributed by atoms with Crippen LogP contribution in [0, 0.1) is 5.95 Å². The molecule has 0 unspecified atom stereocenters. The van der Waals surface area contributed by atoms with Gasteiger partial charge in [-0.3, -0.25) is 9.59 Å². The summed E-state index contributed by atoms with van der Waals surface area (Å²) in [5, 5.41) is 0. The van der Waals surface area contributed by atoms with Gasteiger partial charge in [-0.05, 0) is 34.7 Å². The van der Waals surface area contributed by atoms with E-state index in [0.717, 1.165) is 22.3 Å². The predicted molar refractivity (Wildman–Crippen MR) is 115 cm³/mol. The molecule has 1 amide bonds. The van der Waals surface area contributed by atoms with Crippen LogP contribution in [0.5, 0.6) is 0 Å². The Balaban J connectivity index is 1.60. The number of amides is 1. The zero-order chi connectivity index (χ0) is 21.5. The highest BCUT2D eigenvalue weighted by molar-refractivity contribution is 5.96. The van der Waals surface area contributed by atoms with E-state index in [0.29, 0.717) is 31.4 Å². The van der Waals surface area contributed by atoms with E-state index in [9.17, 15) is 14.0 Å². The van der Waals surface area contributed by atoms with Crippen molar-refractivity contribution >= 4 is 11.7 Å². The Morgan fingerprint density at radius 1 is 0.900 bits per heavy atom. The maximum Gasteiger partial charge on any atom is 0.222 e. The Bertz CT molecular complexity index is 997. The molecule has 0 spiro atoms. The van der Waals surface area contributed by atoms with Crippen molar-refractivity contribution in [1.82, 2.24) is 9.88 Å². The van der Waals surface area contributed by atoms with Gasteiger partial charge in [0.25, 0.3) is 0 Å². The number of pyridine rings is 1. The predicted octanol–water partition coefficient (Wildman–Crippen LogP) is 5.07. The lowest BCUT2D eigenvalue weighted by molar-refractivity contribution is -0.130. The molecule has 2 aromatic carbocycles. The van der Waals surface area contributed by atoms with Crippen molar-refractivity contribution in [2.45, 2.75) is 32.7 Å². The largest absolute Gasteiger partial charge is 0.341 e. The van der Waals surface area contributed by atoms with Crippen LogP contribution in [0.15, 0.2) is 66.9 Å². The summed E-state index contributed by atoms with van der Waals surface area (Å²) in [7, 11) is 1.81. The maximum atomic E-state index is 12.9. The molecule has 154 valence electrons. The third kappa shape index (κ3) is 5.60. The Morgan fingerprint density at radius 2 is 1.50 bits per heavy atom. The lowest BCUT2D eigenvalue weighted by Crippen LogP contribution is -2.25. The highest BCUT2D eigenvalue weighted by Crippen LogP contribution is 2.21. The molecule has 30 heavy (non-hydrogen) atoms. The van der Waals surface area contributed by atoms with E-state index in [4.69, 9.17) is 0 Å². The second-order valence-electron chi connectivity index (χ2n) is 7.29. The maximum absolute atomic E-state index is 12.9. The van der Waals surface area contributed by atoms with Crippen LogP contribution in [0.25, 0.3) is 11.1 Å². The topological polar surface area (TPSA) is 50.3 Å². The van der Waals surface area contributed by atoms with E-state index >= 15 is 0 Å². The molecule has 0 N–H and O–H groups in total. The molecule has 3 rings (SSSR count). The normalized spacial score (nSPS) is 10.6. The van der Waals surface area contributed by atoms with E-state index in [-0.39, 0.29) is 11.7 Å². The van der Waals surface area contributed by atoms with Gasteiger partial charge in [0.15, 0.2) is 5.78 Å². The number of benzene rings is 2. The average molecular weight is 404 g/mol. The number of rotatable bonds is 8. The van der Waals surface area contributed by atoms with E-state index < -0.39 is 5.95 Å². The Hall–Kier alpha value is -3.34. The highest BCUT2D eigenvalue weighted by atomic mass is 19.1. The van der Waals surface area contributed by atoms with Crippen LogP contribution in [0.3, 0.4) is 0 Å². The van der Waals surface area contributed by atoms with Gasteiger partial charge in [0.05, 0.1) is 0 Å². The quantitative estimate of drug-likeness (QED) is 0.389. The summed E-state index contributed by atoms with van der Waals surface area (Å²) in [5.41, 5.74) is 4.65. The summed E-state index contributed by atoms with van der Waals surface area (Å²) in [5.74, 6) is -0.352. The minimum Gasteiger partial charge on any atom is -0.341 e. The molecule has 4 nitrogen and oxygen atoms in total. The number of carbonyl (C=O) groups excluding carboxylic acids is 2. The summed E-state index contributed by atoms with van der Waals surface area (Å²) in [6, 6.07) is 18.6. The number of aryl methyl sites for hydroxylation is 1. The second-order valence-corrected chi connectivity index (χ2v) is 7.29. The smallest absolute Gasteiger partial charge is 0.222 e. The van der Waals surface area contributed by atoms with Crippen LogP contribution >= 0.6 is 0 Å². The Kier molecular flexibility index (Phi) is 7.07. The fraction of sp³-hybridized carbons (Fsp3) is 0.240. The summed E-state index contributed by atoms with van der Waals surface area (Å²) in [4.78, 5) is 29.5. The van der Waals surface area contributed by atoms with Gasteiger partial charge >= 0.3 is 0 Å². The number of nitrogens with zero attached hydrogens (tertiary/aromatic N) is 2. The van der Waals surface area contributed by atoms with Crippen molar-refractivity contribution in [1.29, 1.82) is 0 Å². The fourth-order valence-corrected chi connectivity index (χ4v) is 3.24. The van der Waals surface area contributed by atoms with Gasteiger partial charge in [-0.1, -0.05) is 61.5 Å². The highest BCUT2D eigenvalue weighted by Gasteiger charge is 2.09. The molecule has 0 bridgehead atoms. The minimum absolute atomic E-state index is 0.0462. The summed E-state index contributed by atoms with van der Waals surface area (Å²) in [6.07, 6.45) is 2.85. The van der Waals surface area contributed by atoms with Crippen LogP contribution in [-0.2, 0) is 17.8 Å². The third-order valence-electron chi connectivity index (χ3n) is 5.07. The lowest BCUT2D eigenvalue weighted by atomic mass is 9.99. The van der Waals surface area contributed by atoms with Crippen LogP contribution in [-0.4, -0.2) is 28.6 Å². The molecule has 0 saturated carbocycles. The first-order valence-electron chi connectivity index (χ1n) is 10.0. The van der Waals surface area contributed by atoms with Gasteiger partial charge in [-0.2, -0.15) is 4.39 Å². The van der Waals surface area contributed by atoms with Gasteiger partial charge < -0.3 is 4.90 Å². The molecule has 1 aromatic heterocycles. The number of hydrogen-bond donors (Lipinski definition) is 0. The zero-order valence-corrected chi connectivity index (χ0v) is 17.3. The van der Waals surface area contributed by atoms with Crippen molar-refractivity contribution in [2.75, 3.05) is 7.05 Å². The Labute approximate surface area is 176 Å². The zero-order valence-electron chi connectivity index (χ0n) is 17.3. The van der Waals surface area contributed by atoms with Gasteiger partial charge in [-0.25, -0.2) is 4.98 Å². The minimum atomic E-state index is -0.518. The van der Waals surface area contributed by atoms with Crippen molar-refractivity contribution in [3.63, 3.8) is 0 Å². The van der Waals surface area contributed by atoms with Crippen molar-refractivity contribution < 1.29 is 14.0 Å². The van der Waals surface area contributed by atoms with Crippen molar-refractivity contribution in [3.8, 4) is 11.1 Å². The van der Waals surface area contributed by atoms with E-state index in [2.05, 4.69) is 4.98 Å². The van der Waals surface area contributed by atoms with Gasteiger partial charge in [0.1, 0.15) is 0 Å². The molecule has 3 aromatic rings. The first kappa shape index (κ1) is 21.4. The number of ketones is 1. The molecular weight excluding hydrogens is 379 g/mol. The molecule has 0 radical (unpaired) electrons. The SMILES string of the molecule is CCC(=O)N(C)Cc1ccc(-c2ccc(C(=O)CCc3ccc(F)nc3)cc2)cc1. The fourth-order valence-electron chi connectivity index (χ4n) is 3.24. The molecule has 0 aliphatic rings. The molecular formula is C25H25FN2O2. The van der Waals surface area contributed by atoms with Crippen molar-refractivity contribution in [2.24, 2.45) is 0 Å². The molecule has 5 heteroatoms. The number of Topliss-reactive ketones (excluding diaryl/α,β-unsaturated/α-hetero) is 1. The number of aromatic nitrogens is 1. The van der Waals surface area contributed by atoms with Gasteiger partial charge in [-0.15, -0.1) is 0 Å². The van der Waals surface area contributed by atoms with Crippen LogP contribution in [0.1, 0.15) is 41.3 Å². The van der Waals surface area contributed by atoms with Crippen LogP contribution in [0.4, 0.5) is 4.39 Å². The van der Waals surface area contributed by atoms with E-state index in [1.165, 1.54) is 12.3 Å². The molecule has 0 atom stereocenters. The molecule has 0 saturated heterocycles. The summed E-state index contributed by atoms with van der Waals surface area (Å²) < 4.78 is 12.9. The molecule has 0 fully saturated rings. The Morgan fingerprint density at radius 3 is 2.07 bits per heavy atom. The first-order valence-corrected chi connectivity index (χ1v) is 10.0. The van der Waals surface area contributed by atoms with Crippen molar-refractivity contribution in [3.05, 3.63) is 89.5 Å². The van der Waals surface area contributed by atoms with E-state index in [1.54, 1.807) is 11.0 Å². The van der Waals surface area contributed by atoms with Gasteiger partial charge in [0.2, 0.25) is 11.9 Å². The first-order chi connectivity index (χ1) is 14.5. The second kappa shape index (κ2) is 9.92. The summed E-state index contributed by atoms with van der Waals surface area (Å²) in [6.45, 7) is 2.44. The third-order valence-corrected chi connectivity index (χ3v) is 5.07. The number of hydrogen-bond acceptors (Lipinski definition) is 3. The lowest BCUT2D eigenvalue weighted by Gasteiger charge is -2.16. The molecule has 0 aliphatic heterocycles. The van der Waals surface area contributed by atoms with Crippen LogP contribution in [0.2, 0.25) is 0 Å². The standard InChI is InChI=1S/C25H25FN2O2/c1-3-25(30)28(2)17-19-4-8-20(9-5-19)21-10-12-22(13-11-21)23(29)14-6-18-7-15-24(26)27-16-18/h4-5,7-13,15-16H,3,6,14,17H2,1-2H3. The monoisotopic (exact) mass is 404 g/mol. The number of halogens is 1. The summed E-state index contributed by atoms with van der Waals surface area (Å²) >= 11 is 0.